The van der Waals surface area contributed by atoms with Crippen molar-refractivity contribution in [1.82, 2.24) is 5.32 Å². The van der Waals surface area contributed by atoms with E-state index in [1.807, 2.05) is 6.92 Å². The van der Waals surface area contributed by atoms with Gasteiger partial charge in [0.1, 0.15) is 0 Å². The Bertz CT molecular complexity index is 383. The van der Waals surface area contributed by atoms with Crippen LogP contribution in [0.15, 0.2) is 18.2 Å². The average Bonchev–Trinajstić information content (AvgIpc) is 2.27. The van der Waals surface area contributed by atoms with Crippen LogP contribution in [-0.2, 0) is 10.5 Å². The molecule has 0 saturated carbocycles. The van der Waals surface area contributed by atoms with Crippen LogP contribution in [0.2, 0.25) is 0 Å². The highest BCUT2D eigenvalue weighted by Crippen LogP contribution is 2.15. The summed E-state index contributed by atoms with van der Waals surface area (Å²) in [5.41, 5.74) is 3.87. The Morgan fingerprint density at radius 3 is 2.44 bits per heavy atom. The predicted octanol–water partition coefficient (Wildman–Crippen LogP) is 3.45. The van der Waals surface area contributed by atoms with Crippen LogP contribution in [-0.4, -0.2) is 17.7 Å². The smallest absolute Gasteiger partial charge is 0.230 e. The zero-order chi connectivity index (χ0) is 13.5. The maximum atomic E-state index is 11.6. The van der Waals surface area contributed by atoms with Crippen LogP contribution in [0.5, 0.6) is 0 Å². The molecule has 1 atom stereocenters. The van der Waals surface area contributed by atoms with Crippen LogP contribution in [0.3, 0.4) is 0 Å². The minimum Gasteiger partial charge on any atom is -0.353 e. The second kappa shape index (κ2) is 7.47. The van der Waals surface area contributed by atoms with E-state index in [1.165, 1.54) is 16.7 Å². The van der Waals surface area contributed by atoms with Crippen LogP contribution in [0, 0.1) is 13.8 Å². The predicted molar refractivity (Wildman–Crippen MR) is 80.0 cm³/mol. The third-order valence-electron chi connectivity index (χ3n) is 2.80. The zero-order valence-corrected chi connectivity index (χ0v) is 12.6. The van der Waals surface area contributed by atoms with Gasteiger partial charge in [0.15, 0.2) is 0 Å². The number of thioether (sulfide) groups is 1. The summed E-state index contributed by atoms with van der Waals surface area (Å²) < 4.78 is 0. The summed E-state index contributed by atoms with van der Waals surface area (Å²) in [7, 11) is 0. The fourth-order valence-corrected chi connectivity index (χ4v) is 2.61. The summed E-state index contributed by atoms with van der Waals surface area (Å²) in [6.07, 6.45) is 0.980. The fourth-order valence-electron chi connectivity index (χ4n) is 1.83. The molecule has 0 saturated heterocycles. The third-order valence-corrected chi connectivity index (χ3v) is 3.81. The molecule has 2 nitrogen and oxygen atoms in total. The first-order valence-corrected chi connectivity index (χ1v) is 7.61. The Kier molecular flexibility index (Phi) is 6.27. The number of hydrogen-bond acceptors (Lipinski definition) is 2. The monoisotopic (exact) mass is 265 g/mol. The number of rotatable bonds is 6. The largest absolute Gasteiger partial charge is 0.353 e. The first-order valence-electron chi connectivity index (χ1n) is 6.45. The zero-order valence-electron chi connectivity index (χ0n) is 11.7. The van der Waals surface area contributed by atoms with Crippen LogP contribution in [0.25, 0.3) is 0 Å². The van der Waals surface area contributed by atoms with Gasteiger partial charge in [0.2, 0.25) is 5.91 Å². The normalized spacial score (nSPS) is 12.2. The Hall–Kier alpha value is -0.960. The van der Waals surface area contributed by atoms with Crippen molar-refractivity contribution >= 4 is 17.7 Å². The van der Waals surface area contributed by atoms with Gasteiger partial charge in [0.25, 0.3) is 0 Å². The van der Waals surface area contributed by atoms with Crippen LogP contribution < -0.4 is 5.32 Å². The molecular formula is C15H23NOS. The molecule has 3 heteroatoms. The van der Waals surface area contributed by atoms with Gasteiger partial charge in [0, 0.05) is 11.8 Å². The molecule has 0 aliphatic carbocycles. The third kappa shape index (κ3) is 5.58. The Morgan fingerprint density at radius 2 is 1.89 bits per heavy atom. The van der Waals surface area contributed by atoms with E-state index in [9.17, 15) is 4.79 Å². The number of carbonyl (C=O) groups excluding carboxylic acids is 1. The van der Waals surface area contributed by atoms with E-state index in [2.05, 4.69) is 44.3 Å². The van der Waals surface area contributed by atoms with E-state index >= 15 is 0 Å². The highest BCUT2D eigenvalue weighted by molar-refractivity contribution is 7.99. The second-order valence-electron chi connectivity index (χ2n) is 4.87. The summed E-state index contributed by atoms with van der Waals surface area (Å²) in [6.45, 7) is 8.33. The highest BCUT2D eigenvalue weighted by atomic mass is 32.2. The molecule has 0 aromatic heterocycles. The Balaban J connectivity index is 2.35. The van der Waals surface area contributed by atoms with Gasteiger partial charge in [-0.05, 0) is 32.8 Å². The molecule has 100 valence electrons. The van der Waals surface area contributed by atoms with Gasteiger partial charge in [-0.25, -0.2) is 0 Å². The maximum Gasteiger partial charge on any atom is 0.230 e. The van der Waals surface area contributed by atoms with E-state index in [-0.39, 0.29) is 11.9 Å². The molecule has 0 spiro atoms. The van der Waals surface area contributed by atoms with E-state index in [4.69, 9.17) is 0 Å². The standard InChI is InChI=1S/C15H23NOS/c1-5-13(4)16-15(17)10-18-9-14-7-11(2)6-12(3)8-14/h6-8,13H,5,9-10H2,1-4H3,(H,16,17)/t13-/m1/s1. The molecule has 0 radical (unpaired) electrons. The topological polar surface area (TPSA) is 29.1 Å². The van der Waals surface area contributed by atoms with E-state index in [1.54, 1.807) is 11.8 Å². The number of benzene rings is 1. The van der Waals surface area contributed by atoms with Gasteiger partial charge in [-0.15, -0.1) is 11.8 Å². The van der Waals surface area contributed by atoms with Gasteiger partial charge in [-0.3, -0.25) is 4.79 Å². The van der Waals surface area contributed by atoms with Crippen molar-refractivity contribution < 1.29 is 4.79 Å². The van der Waals surface area contributed by atoms with Gasteiger partial charge in [0.05, 0.1) is 5.75 Å². The van der Waals surface area contributed by atoms with Crippen LogP contribution in [0.4, 0.5) is 0 Å². The van der Waals surface area contributed by atoms with Crippen molar-refractivity contribution in [3.63, 3.8) is 0 Å². The van der Waals surface area contributed by atoms with Crippen molar-refractivity contribution in [3.05, 3.63) is 34.9 Å². The molecule has 0 bridgehead atoms. The summed E-state index contributed by atoms with van der Waals surface area (Å²) in [5.74, 6) is 1.58. The molecule has 0 heterocycles. The van der Waals surface area contributed by atoms with Gasteiger partial charge in [-0.1, -0.05) is 36.2 Å². The lowest BCUT2D eigenvalue weighted by Gasteiger charge is -2.11. The lowest BCUT2D eigenvalue weighted by atomic mass is 10.1. The quantitative estimate of drug-likeness (QED) is 0.853. The first kappa shape index (κ1) is 15.1. The van der Waals surface area contributed by atoms with Gasteiger partial charge < -0.3 is 5.32 Å². The number of amides is 1. The molecule has 1 rings (SSSR count). The van der Waals surface area contributed by atoms with Crippen LogP contribution in [0.1, 0.15) is 37.0 Å². The molecule has 0 unspecified atom stereocenters. The summed E-state index contributed by atoms with van der Waals surface area (Å²) in [5, 5.41) is 2.98. The van der Waals surface area contributed by atoms with Crippen molar-refractivity contribution in [3.8, 4) is 0 Å². The van der Waals surface area contributed by atoms with E-state index in [0.717, 1.165) is 12.2 Å². The van der Waals surface area contributed by atoms with E-state index in [0.29, 0.717) is 5.75 Å². The van der Waals surface area contributed by atoms with Crippen molar-refractivity contribution in [2.75, 3.05) is 5.75 Å². The summed E-state index contributed by atoms with van der Waals surface area (Å²) in [6, 6.07) is 6.82. The van der Waals surface area contributed by atoms with Crippen LogP contribution >= 0.6 is 11.8 Å². The molecule has 1 aromatic carbocycles. The molecule has 18 heavy (non-hydrogen) atoms. The van der Waals surface area contributed by atoms with Gasteiger partial charge >= 0.3 is 0 Å². The molecule has 0 aliphatic rings. The average molecular weight is 265 g/mol. The van der Waals surface area contributed by atoms with Gasteiger partial charge in [-0.2, -0.15) is 0 Å². The maximum absolute atomic E-state index is 11.6. The number of nitrogens with one attached hydrogen (secondary N) is 1. The summed E-state index contributed by atoms with van der Waals surface area (Å²) in [4.78, 5) is 11.6. The Labute approximate surface area is 115 Å². The minimum atomic E-state index is 0.138. The lowest BCUT2D eigenvalue weighted by molar-refractivity contribution is -0.119. The molecule has 1 N–H and O–H groups in total. The number of aryl methyl sites for hydroxylation is 2. The number of carbonyl (C=O) groups is 1. The highest BCUT2D eigenvalue weighted by Gasteiger charge is 2.05. The van der Waals surface area contributed by atoms with Crippen molar-refractivity contribution in [2.24, 2.45) is 0 Å². The number of hydrogen-bond donors (Lipinski definition) is 1. The van der Waals surface area contributed by atoms with E-state index < -0.39 is 0 Å². The van der Waals surface area contributed by atoms with Crippen molar-refractivity contribution in [2.45, 2.75) is 45.9 Å². The SMILES string of the molecule is CC[C@@H](C)NC(=O)CSCc1cc(C)cc(C)c1. The second-order valence-corrected chi connectivity index (χ2v) is 5.85. The molecule has 0 aliphatic heterocycles. The first-order chi connectivity index (χ1) is 8.51. The lowest BCUT2D eigenvalue weighted by Crippen LogP contribution is -2.33. The molecule has 1 aromatic rings. The molecule has 0 fully saturated rings. The van der Waals surface area contributed by atoms with Crippen molar-refractivity contribution in [1.29, 1.82) is 0 Å². The molecule has 1 amide bonds. The minimum absolute atomic E-state index is 0.138. The Morgan fingerprint density at radius 1 is 1.28 bits per heavy atom. The summed E-state index contributed by atoms with van der Waals surface area (Å²) >= 11 is 1.67. The molecular weight excluding hydrogens is 242 g/mol. The fraction of sp³-hybridized carbons (Fsp3) is 0.533.